The highest BCUT2D eigenvalue weighted by Gasteiger charge is 2.35. The number of nitrogens with zero attached hydrogens (tertiary/aromatic N) is 3. The molecule has 14 heteroatoms. The van der Waals surface area contributed by atoms with Gasteiger partial charge in [0.15, 0.2) is 0 Å². The molecule has 2 fully saturated rings. The van der Waals surface area contributed by atoms with E-state index in [1.165, 1.54) is 32.4 Å². The molecular formula is C27H36N4O10. The molecule has 1 aliphatic heterocycles. The van der Waals surface area contributed by atoms with E-state index >= 15 is 0 Å². The van der Waals surface area contributed by atoms with Crippen LogP contribution in [0.25, 0.3) is 0 Å². The zero-order chi connectivity index (χ0) is 30.2. The van der Waals surface area contributed by atoms with E-state index in [1.807, 2.05) is 35.0 Å². The molecule has 1 saturated carbocycles. The van der Waals surface area contributed by atoms with E-state index in [-0.39, 0.29) is 5.91 Å². The Morgan fingerprint density at radius 3 is 1.95 bits per heavy atom. The number of ether oxygens (including phenoxy) is 1. The number of carboxylic acids is 4. The van der Waals surface area contributed by atoms with Gasteiger partial charge in [0.1, 0.15) is 5.75 Å². The molecule has 0 radical (unpaired) electrons. The van der Waals surface area contributed by atoms with E-state index in [0.717, 1.165) is 50.1 Å². The summed E-state index contributed by atoms with van der Waals surface area (Å²) in [7, 11) is 0. The van der Waals surface area contributed by atoms with Crippen LogP contribution in [0.15, 0.2) is 43.0 Å². The van der Waals surface area contributed by atoms with Crippen LogP contribution in [0.2, 0.25) is 0 Å². The summed E-state index contributed by atoms with van der Waals surface area (Å²) in [6.07, 6.45) is 11.7. The van der Waals surface area contributed by atoms with Gasteiger partial charge < -0.3 is 39.9 Å². The Bertz CT molecular complexity index is 1080. The van der Waals surface area contributed by atoms with Gasteiger partial charge in [-0.15, -0.1) is 0 Å². The average molecular weight is 577 g/mol. The van der Waals surface area contributed by atoms with Gasteiger partial charge in [0.2, 0.25) is 0 Å². The Hall–Kier alpha value is -4.46. The molecule has 4 rings (SSSR count). The molecule has 0 bridgehead atoms. The smallest absolute Gasteiger partial charge is 0.414 e. The molecule has 0 spiro atoms. The highest BCUT2D eigenvalue weighted by molar-refractivity contribution is 6.27. The van der Waals surface area contributed by atoms with Gasteiger partial charge in [0.25, 0.3) is 5.91 Å². The van der Waals surface area contributed by atoms with Crippen LogP contribution in [-0.4, -0.2) is 97.4 Å². The summed E-state index contributed by atoms with van der Waals surface area (Å²) >= 11 is 0. The van der Waals surface area contributed by atoms with Crippen molar-refractivity contribution in [2.24, 2.45) is 11.8 Å². The predicted molar refractivity (Wildman–Crippen MR) is 144 cm³/mol. The number of carbonyl (C=O) groups is 5. The van der Waals surface area contributed by atoms with Gasteiger partial charge in [0, 0.05) is 50.7 Å². The fourth-order valence-electron chi connectivity index (χ4n) is 4.68. The monoisotopic (exact) mass is 576 g/mol. The number of aromatic nitrogens is 2. The van der Waals surface area contributed by atoms with Crippen LogP contribution >= 0.6 is 0 Å². The third kappa shape index (κ3) is 12.5. The van der Waals surface area contributed by atoms with Crippen molar-refractivity contribution in [1.82, 2.24) is 19.8 Å². The van der Waals surface area contributed by atoms with Crippen LogP contribution in [0.1, 0.15) is 42.5 Å². The normalized spacial score (nSPS) is 17.2. The van der Waals surface area contributed by atoms with Crippen LogP contribution in [0, 0.1) is 11.8 Å². The molecule has 1 aliphatic carbocycles. The molecule has 5 N–H and O–H groups in total. The van der Waals surface area contributed by atoms with Crippen molar-refractivity contribution >= 4 is 29.8 Å². The summed E-state index contributed by atoms with van der Waals surface area (Å²) in [4.78, 5) is 55.2. The minimum Gasteiger partial charge on any atom is -0.494 e. The van der Waals surface area contributed by atoms with E-state index in [9.17, 15) is 4.79 Å². The summed E-state index contributed by atoms with van der Waals surface area (Å²) in [5.74, 6) is -4.59. The molecule has 2 heterocycles. The largest absolute Gasteiger partial charge is 0.494 e. The zero-order valence-corrected chi connectivity index (χ0v) is 22.6. The van der Waals surface area contributed by atoms with E-state index < -0.39 is 23.9 Å². The number of hydrogen-bond donors (Lipinski definition) is 5. The predicted octanol–water partition coefficient (Wildman–Crippen LogP) is 1.52. The molecule has 1 aromatic heterocycles. The van der Waals surface area contributed by atoms with Gasteiger partial charge in [0.05, 0.1) is 12.9 Å². The first-order valence-corrected chi connectivity index (χ1v) is 13.2. The number of likely N-dealkylation sites (tertiary alicyclic amines) is 1. The summed E-state index contributed by atoms with van der Waals surface area (Å²) < 4.78 is 7.87. The number of nitrogens with one attached hydrogen (secondary N) is 1. The summed E-state index contributed by atoms with van der Waals surface area (Å²) in [6, 6.07) is 7.45. The molecular weight excluding hydrogens is 540 g/mol. The minimum atomic E-state index is -1.82. The van der Waals surface area contributed by atoms with Crippen molar-refractivity contribution in [3.05, 3.63) is 48.5 Å². The molecule has 2 aliphatic rings. The molecule has 2 unspecified atom stereocenters. The second-order valence-corrected chi connectivity index (χ2v) is 9.57. The number of benzene rings is 1. The molecule has 224 valence electrons. The summed E-state index contributed by atoms with van der Waals surface area (Å²) in [6.45, 7) is 5.94. The number of aliphatic carboxylic acids is 4. The molecule has 1 amide bonds. The second-order valence-electron chi connectivity index (χ2n) is 9.57. The highest BCUT2D eigenvalue weighted by Crippen LogP contribution is 2.37. The molecule has 2 aromatic rings. The third-order valence-electron chi connectivity index (χ3n) is 6.61. The molecule has 1 aromatic carbocycles. The van der Waals surface area contributed by atoms with Gasteiger partial charge >= 0.3 is 23.9 Å². The fraction of sp³-hybridized carbons (Fsp3) is 0.481. The van der Waals surface area contributed by atoms with Gasteiger partial charge in [-0.1, -0.05) is 6.42 Å². The number of carboxylic acid groups (broad SMARTS) is 4. The number of aryl methyl sites for hydroxylation is 1. The molecule has 14 nitrogen and oxygen atoms in total. The molecule has 41 heavy (non-hydrogen) atoms. The lowest BCUT2D eigenvalue weighted by molar-refractivity contribution is -0.159. The van der Waals surface area contributed by atoms with Crippen molar-refractivity contribution in [2.75, 3.05) is 32.8 Å². The number of hydrogen-bond acceptors (Lipinski definition) is 8. The van der Waals surface area contributed by atoms with Gasteiger partial charge in [-0.25, -0.2) is 24.2 Å². The summed E-state index contributed by atoms with van der Waals surface area (Å²) in [5, 5.41) is 32.5. The Morgan fingerprint density at radius 2 is 1.44 bits per heavy atom. The Balaban J connectivity index is 0.000000413. The average Bonchev–Trinajstić information content (AvgIpc) is 3.69. The van der Waals surface area contributed by atoms with E-state index in [2.05, 4.69) is 15.2 Å². The zero-order valence-electron chi connectivity index (χ0n) is 22.6. The van der Waals surface area contributed by atoms with Crippen LogP contribution in [0.3, 0.4) is 0 Å². The highest BCUT2D eigenvalue weighted by atomic mass is 16.5. The topological polar surface area (TPSA) is 209 Å². The van der Waals surface area contributed by atoms with Crippen LogP contribution in [0.5, 0.6) is 5.75 Å². The first kappa shape index (κ1) is 32.8. The Kier molecular flexibility index (Phi) is 13.8. The molecule has 2 atom stereocenters. The van der Waals surface area contributed by atoms with Crippen molar-refractivity contribution in [3.8, 4) is 5.75 Å². The number of rotatable bonds is 10. The van der Waals surface area contributed by atoms with Crippen molar-refractivity contribution in [3.63, 3.8) is 0 Å². The first-order valence-electron chi connectivity index (χ1n) is 13.2. The van der Waals surface area contributed by atoms with Crippen molar-refractivity contribution in [2.45, 2.75) is 38.6 Å². The van der Waals surface area contributed by atoms with Crippen molar-refractivity contribution in [1.29, 1.82) is 0 Å². The SMILES string of the molecule is O=C(NCCCn1ccnc1)c1ccc(OCCCN2CC3CCCC3C2)cc1.O=C(O)C(=O)O.O=C(O)C(=O)O. The van der Waals surface area contributed by atoms with Gasteiger partial charge in [-0.2, -0.15) is 0 Å². The van der Waals surface area contributed by atoms with Crippen LogP contribution in [-0.2, 0) is 25.7 Å². The third-order valence-corrected chi connectivity index (χ3v) is 6.61. The van der Waals surface area contributed by atoms with Crippen LogP contribution < -0.4 is 10.1 Å². The lowest BCUT2D eigenvalue weighted by atomic mass is 10.0. The lowest BCUT2D eigenvalue weighted by Crippen LogP contribution is -2.25. The number of fused-ring (bicyclic) bond motifs is 1. The number of carbonyl (C=O) groups excluding carboxylic acids is 1. The second kappa shape index (κ2) is 17.3. The number of amides is 1. The van der Waals surface area contributed by atoms with Crippen LogP contribution in [0.4, 0.5) is 0 Å². The maximum atomic E-state index is 12.2. The maximum Gasteiger partial charge on any atom is 0.414 e. The molecule has 1 saturated heterocycles. The summed E-state index contributed by atoms with van der Waals surface area (Å²) in [5.41, 5.74) is 0.670. The van der Waals surface area contributed by atoms with Gasteiger partial charge in [-0.3, -0.25) is 4.79 Å². The van der Waals surface area contributed by atoms with E-state index in [4.69, 9.17) is 44.3 Å². The first-order chi connectivity index (χ1) is 19.6. The quantitative estimate of drug-likeness (QED) is 0.201. The van der Waals surface area contributed by atoms with E-state index in [0.29, 0.717) is 12.1 Å². The lowest BCUT2D eigenvalue weighted by Gasteiger charge is -2.16. The standard InChI is InChI=1S/C23H32N4O2.2C2H2O4/c28-23(25-10-2-12-26-14-11-24-18-26)19-6-8-22(9-7-19)29-15-3-13-27-16-20-4-1-5-21(20)17-27;2*3-1(4)2(5)6/h6-9,11,14,18,20-21H,1-5,10,12-13,15-17H2,(H,25,28);2*(H,3,4)(H,5,6). The van der Waals surface area contributed by atoms with Crippen molar-refractivity contribution < 1.29 is 49.1 Å². The Labute approximate surface area is 236 Å². The van der Waals surface area contributed by atoms with Gasteiger partial charge in [-0.05, 0) is 61.8 Å². The minimum absolute atomic E-state index is 0.0400. The maximum absolute atomic E-state index is 12.2. The Morgan fingerprint density at radius 1 is 0.854 bits per heavy atom. The van der Waals surface area contributed by atoms with E-state index in [1.54, 1.807) is 12.5 Å². The fourth-order valence-corrected chi connectivity index (χ4v) is 4.68. The number of imidazole rings is 1.